The number of thioether (sulfide) groups is 1. The fourth-order valence-electron chi connectivity index (χ4n) is 7.22. The van der Waals surface area contributed by atoms with Gasteiger partial charge in [-0.3, -0.25) is 14.4 Å². The van der Waals surface area contributed by atoms with Crippen molar-refractivity contribution in [2.75, 3.05) is 24.6 Å². The van der Waals surface area contributed by atoms with E-state index in [4.69, 9.17) is 0 Å². The highest BCUT2D eigenvalue weighted by atomic mass is 32.2. The summed E-state index contributed by atoms with van der Waals surface area (Å²) in [4.78, 5) is 48.4. The van der Waals surface area contributed by atoms with E-state index in [1.165, 1.54) is 16.7 Å². The van der Waals surface area contributed by atoms with E-state index in [1.807, 2.05) is 85.8 Å². The second-order valence-electron chi connectivity index (χ2n) is 11.6. The fraction of sp³-hybridized carbons (Fsp3) is 0.387. The molecular formula is C31H32N6O4S. The maximum Gasteiger partial charge on any atom is 0.248 e. The Bertz CT molecular complexity index is 1640. The number of fused-ring (bicyclic) bond motifs is 3. The summed E-state index contributed by atoms with van der Waals surface area (Å²) in [5.41, 5.74) is 2.30. The molecule has 1 N–H and O–H groups in total. The molecule has 42 heavy (non-hydrogen) atoms. The maximum absolute atomic E-state index is 14.6. The lowest BCUT2D eigenvalue weighted by atomic mass is 9.74. The Balaban J connectivity index is 1.31. The Hall–Kier alpha value is -3.96. The van der Waals surface area contributed by atoms with Crippen molar-refractivity contribution in [2.24, 2.45) is 11.8 Å². The molecule has 2 fully saturated rings. The van der Waals surface area contributed by atoms with Gasteiger partial charge in [0.25, 0.3) is 0 Å². The zero-order valence-electron chi connectivity index (χ0n) is 23.4. The molecule has 4 aliphatic rings. The van der Waals surface area contributed by atoms with Crippen molar-refractivity contribution in [3.8, 4) is 0 Å². The van der Waals surface area contributed by atoms with Crippen LogP contribution in [0.15, 0.2) is 78.9 Å². The third kappa shape index (κ3) is 3.79. The van der Waals surface area contributed by atoms with Gasteiger partial charge in [-0.2, -0.15) is 0 Å². The molecular weight excluding hydrogens is 552 g/mol. The average Bonchev–Trinajstić information content (AvgIpc) is 3.53. The van der Waals surface area contributed by atoms with E-state index in [1.54, 1.807) is 21.4 Å². The van der Waals surface area contributed by atoms with Crippen LogP contribution in [0.5, 0.6) is 0 Å². The monoisotopic (exact) mass is 584 g/mol. The van der Waals surface area contributed by atoms with E-state index < -0.39 is 33.4 Å². The van der Waals surface area contributed by atoms with E-state index >= 15 is 0 Å². The molecule has 6 atom stereocenters. The number of rotatable bonds is 5. The molecule has 2 saturated heterocycles. The van der Waals surface area contributed by atoms with Gasteiger partial charge in [-0.15, -0.1) is 16.9 Å². The number of hydrogen-bond donors (Lipinski definition) is 1. The Labute approximate surface area is 247 Å². The summed E-state index contributed by atoms with van der Waals surface area (Å²) < 4.78 is -0.0182. The van der Waals surface area contributed by atoms with Crippen LogP contribution in [0.1, 0.15) is 13.8 Å². The first-order valence-corrected chi connectivity index (χ1v) is 15.0. The van der Waals surface area contributed by atoms with Crippen molar-refractivity contribution in [3.63, 3.8) is 0 Å². The van der Waals surface area contributed by atoms with Gasteiger partial charge in [0.05, 0.1) is 34.7 Å². The molecule has 216 valence electrons. The third-order valence-corrected chi connectivity index (χ3v) is 10.9. The van der Waals surface area contributed by atoms with Gasteiger partial charge in [-0.25, -0.2) is 4.68 Å². The second-order valence-corrected chi connectivity index (χ2v) is 13.4. The summed E-state index contributed by atoms with van der Waals surface area (Å²) in [5, 5.41) is 18.7. The minimum absolute atomic E-state index is 0.135. The van der Waals surface area contributed by atoms with E-state index in [0.717, 1.165) is 16.7 Å². The van der Waals surface area contributed by atoms with Gasteiger partial charge in [0, 0.05) is 23.5 Å². The Morgan fingerprint density at radius 3 is 2.48 bits per heavy atom. The van der Waals surface area contributed by atoms with Crippen molar-refractivity contribution in [1.82, 2.24) is 24.8 Å². The van der Waals surface area contributed by atoms with Gasteiger partial charge < -0.3 is 19.8 Å². The van der Waals surface area contributed by atoms with Gasteiger partial charge in [-0.1, -0.05) is 59.8 Å². The molecule has 0 aliphatic carbocycles. The number of carbonyl (C=O) groups is 3. The van der Waals surface area contributed by atoms with Gasteiger partial charge in [0.2, 0.25) is 17.7 Å². The first-order chi connectivity index (χ1) is 20.3. The van der Waals surface area contributed by atoms with Crippen LogP contribution in [0, 0.1) is 11.8 Å². The number of aliphatic hydroxyl groups is 1. The lowest BCUT2D eigenvalue weighted by Gasteiger charge is -2.38. The summed E-state index contributed by atoms with van der Waals surface area (Å²) in [6.07, 6.45) is 7.96. The predicted molar refractivity (Wildman–Crippen MR) is 159 cm³/mol. The highest BCUT2D eigenvalue weighted by Crippen LogP contribution is 2.65. The average molecular weight is 585 g/mol. The number of likely N-dealkylation sites (tertiary alicyclic amines) is 1. The molecule has 2 aromatic carbocycles. The third-order valence-electron chi connectivity index (χ3n) is 9.11. The summed E-state index contributed by atoms with van der Waals surface area (Å²) in [7, 11) is 0. The minimum Gasteiger partial charge on any atom is -0.394 e. The molecule has 0 radical (unpaired) electrons. The zero-order chi connectivity index (χ0) is 29.2. The number of nitrogens with zero attached hydrogens (tertiary/aromatic N) is 6. The van der Waals surface area contributed by atoms with Gasteiger partial charge >= 0.3 is 0 Å². The Kier molecular flexibility index (Phi) is 6.28. The lowest BCUT2D eigenvalue weighted by molar-refractivity contribution is -0.146. The molecule has 0 bridgehead atoms. The van der Waals surface area contributed by atoms with E-state index in [2.05, 4.69) is 10.3 Å². The van der Waals surface area contributed by atoms with E-state index in [9.17, 15) is 19.5 Å². The standard InChI is InChI=1S/C31H32N6O4S/c1-20(18-38)37-26-29(41)34(19-36-23-13-7-6-12-22(23)32-33-36)16-9-15-31(26)25(28(37)40)24-27(39)35(21-10-4-3-5-11-21)17-8-14-30(24,2)42-31/h3-15,20,24-26,38H,16-19H2,1-2H3/t20-,24+,25+,26?,30-,31+/m1/s1. The van der Waals surface area contributed by atoms with Crippen LogP contribution in [0.3, 0.4) is 0 Å². The molecule has 1 aromatic heterocycles. The molecule has 11 heteroatoms. The molecule has 3 aromatic rings. The summed E-state index contributed by atoms with van der Waals surface area (Å²) in [6, 6.07) is 15.5. The maximum atomic E-state index is 14.6. The molecule has 1 unspecified atom stereocenters. The van der Waals surface area contributed by atoms with Crippen LogP contribution >= 0.6 is 11.8 Å². The van der Waals surface area contributed by atoms with Crippen LogP contribution in [-0.2, 0) is 21.1 Å². The van der Waals surface area contributed by atoms with Crippen molar-refractivity contribution in [1.29, 1.82) is 0 Å². The second kappa shape index (κ2) is 9.81. The highest BCUT2D eigenvalue weighted by Gasteiger charge is 2.74. The van der Waals surface area contributed by atoms with Crippen molar-refractivity contribution >= 4 is 46.2 Å². The first-order valence-electron chi connectivity index (χ1n) is 14.2. The first kappa shape index (κ1) is 26.9. The molecule has 3 amide bonds. The van der Waals surface area contributed by atoms with Crippen molar-refractivity contribution in [3.05, 3.63) is 78.9 Å². The SMILES string of the molecule is C[C@H](CO)N1C(=O)[C@@H]2[C@H]3C(=O)N(c4ccccc4)CC=C[C@@]3(C)S[C@@]23C=CCN(Cn2nnc4ccccc42)C(=O)C13. The van der Waals surface area contributed by atoms with Crippen LogP contribution in [-0.4, -0.2) is 88.9 Å². The number of hydrogen-bond acceptors (Lipinski definition) is 7. The summed E-state index contributed by atoms with van der Waals surface area (Å²) in [5.74, 6) is -2.12. The molecule has 7 rings (SSSR count). The number of carbonyl (C=O) groups excluding carboxylic acids is 3. The largest absolute Gasteiger partial charge is 0.394 e. The Morgan fingerprint density at radius 1 is 0.952 bits per heavy atom. The number of amides is 3. The van der Waals surface area contributed by atoms with Gasteiger partial charge in [0.1, 0.15) is 18.2 Å². The number of para-hydroxylation sites is 2. The number of aliphatic hydroxyl groups excluding tert-OH is 1. The predicted octanol–water partition coefficient (Wildman–Crippen LogP) is 2.46. The van der Waals surface area contributed by atoms with Crippen LogP contribution in [0.2, 0.25) is 0 Å². The van der Waals surface area contributed by atoms with Crippen molar-refractivity contribution < 1.29 is 19.5 Å². The van der Waals surface area contributed by atoms with Crippen LogP contribution < -0.4 is 4.90 Å². The quantitative estimate of drug-likeness (QED) is 0.459. The smallest absolute Gasteiger partial charge is 0.248 e. The minimum atomic E-state index is -0.990. The molecule has 4 aliphatic heterocycles. The molecule has 10 nitrogen and oxygen atoms in total. The lowest BCUT2D eigenvalue weighted by Crippen LogP contribution is -2.56. The molecule has 1 spiro atoms. The number of anilines is 1. The normalized spacial score (nSPS) is 31.3. The van der Waals surface area contributed by atoms with Gasteiger partial charge in [-0.05, 0) is 38.1 Å². The molecule has 5 heterocycles. The van der Waals surface area contributed by atoms with Crippen molar-refractivity contribution in [2.45, 2.75) is 42.1 Å². The Morgan fingerprint density at radius 2 is 1.69 bits per heavy atom. The number of aromatic nitrogens is 3. The summed E-state index contributed by atoms with van der Waals surface area (Å²) >= 11 is 1.53. The van der Waals surface area contributed by atoms with E-state index in [0.29, 0.717) is 13.1 Å². The summed E-state index contributed by atoms with van der Waals surface area (Å²) in [6.45, 7) is 4.33. The molecule has 0 saturated carbocycles. The fourth-order valence-corrected chi connectivity index (χ4v) is 9.36. The van der Waals surface area contributed by atoms with E-state index in [-0.39, 0.29) is 31.0 Å². The number of benzene rings is 2. The zero-order valence-corrected chi connectivity index (χ0v) is 24.2. The van der Waals surface area contributed by atoms with Gasteiger partial charge in [0.15, 0.2) is 0 Å². The van der Waals surface area contributed by atoms with Crippen LogP contribution in [0.25, 0.3) is 11.0 Å². The van der Waals surface area contributed by atoms with Crippen LogP contribution in [0.4, 0.5) is 5.69 Å². The topological polar surface area (TPSA) is 112 Å². The highest BCUT2D eigenvalue weighted by molar-refractivity contribution is 8.02.